The van der Waals surface area contributed by atoms with Crippen LogP contribution in [-0.4, -0.2) is 16.1 Å². The maximum Gasteiger partial charge on any atom is 0.310 e. The third-order valence-electron chi connectivity index (χ3n) is 3.01. The van der Waals surface area contributed by atoms with E-state index in [9.17, 15) is 14.3 Å². The van der Waals surface area contributed by atoms with Gasteiger partial charge in [0.1, 0.15) is 5.82 Å². The van der Waals surface area contributed by atoms with E-state index in [1.54, 1.807) is 12.4 Å². The molecule has 0 amide bonds. The zero-order chi connectivity index (χ0) is 13.7. The quantitative estimate of drug-likeness (QED) is 0.897. The molecule has 0 fully saturated rings. The van der Waals surface area contributed by atoms with Gasteiger partial charge in [0, 0.05) is 12.4 Å². The Balaban J connectivity index is 2.09. The van der Waals surface area contributed by atoms with E-state index in [1.165, 1.54) is 24.3 Å². The smallest absolute Gasteiger partial charge is 0.310 e. The van der Waals surface area contributed by atoms with Crippen molar-refractivity contribution in [2.45, 2.75) is 18.8 Å². The van der Waals surface area contributed by atoms with Crippen LogP contribution in [0.3, 0.4) is 0 Å². The first-order valence-corrected chi connectivity index (χ1v) is 6.04. The van der Waals surface area contributed by atoms with Gasteiger partial charge in [-0.2, -0.15) is 0 Å². The van der Waals surface area contributed by atoms with Gasteiger partial charge in [-0.3, -0.25) is 9.78 Å². The van der Waals surface area contributed by atoms with Crippen LogP contribution in [0.5, 0.6) is 0 Å². The first kappa shape index (κ1) is 13.2. The van der Waals surface area contributed by atoms with Gasteiger partial charge in [0.05, 0.1) is 5.92 Å². The molecule has 98 valence electrons. The molecular formula is C15H14FNO2. The van der Waals surface area contributed by atoms with Crippen LogP contribution in [0.25, 0.3) is 0 Å². The van der Waals surface area contributed by atoms with Crippen molar-refractivity contribution in [2.24, 2.45) is 0 Å². The minimum absolute atomic E-state index is 0.361. The van der Waals surface area contributed by atoms with Crippen molar-refractivity contribution in [2.75, 3.05) is 0 Å². The molecule has 1 unspecified atom stereocenters. The lowest BCUT2D eigenvalue weighted by atomic mass is 9.93. The van der Waals surface area contributed by atoms with Crippen molar-refractivity contribution in [3.8, 4) is 0 Å². The predicted molar refractivity (Wildman–Crippen MR) is 69.3 cm³/mol. The number of carbonyl (C=O) groups is 1. The summed E-state index contributed by atoms with van der Waals surface area (Å²) < 4.78 is 12.8. The highest BCUT2D eigenvalue weighted by Gasteiger charge is 2.19. The number of pyridine rings is 1. The molecule has 1 N–H and O–H groups in total. The Morgan fingerprint density at radius 2 is 2.00 bits per heavy atom. The number of carboxylic acid groups (broad SMARTS) is 1. The van der Waals surface area contributed by atoms with Crippen LogP contribution >= 0.6 is 0 Å². The van der Waals surface area contributed by atoms with Crippen LogP contribution < -0.4 is 0 Å². The van der Waals surface area contributed by atoms with Crippen molar-refractivity contribution in [1.82, 2.24) is 4.98 Å². The monoisotopic (exact) mass is 259 g/mol. The third-order valence-corrected chi connectivity index (χ3v) is 3.01. The average Bonchev–Trinajstić information content (AvgIpc) is 2.42. The lowest BCUT2D eigenvalue weighted by Crippen LogP contribution is -2.12. The maximum absolute atomic E-state index is 12.8. The Labute approximate surface area is 110 Å². The van der Waals surface area contributed by atoms with Gasteiger partial charge in [0.15, 0.2) is 0 Å². The standard InChI is InChI=1S/C15H14FNO2/c16-13-6-4-12(5-7-13)14(15(18)19)8-3-11-2-1-9-17-10-11/h1-2,4-7,9-10,14H,3,8H2,(H,18,19). The third kappa shape index (κ3) is 3.61. The highest BCUT2D eigenvalue weighted by molar-refractivity contribution is 5.76. The van der Waals surface area contributed by atoms with Gasteiger partial charge in [-0.15, -0.1) is 0 Å². The normalized spacial score (nSPS) is 12.1. The fourth-order valence-corrected chi connectivity index (χ4v) is 1.98. The van der Waals surface area contributed by atoms with Crippen LogP contribution in [0.15, 0.2) is 48.8 Å². The van der Waals surface area contributed by atoms with E-state index in [0.717, 1.165) is 5.56 Å². The number of carboxylic acids is 1. The van der Waals surface area contributed by atoms with Gasteiger partial charge in [0.25, 0.3) is 0 Å². The predicted octanol–water partition coefficient (Wildman–Crippen LogP) is 3.02. The number of aliphatic carboxylic acids is 1. The SMILES string of the molecule is O=C(O)C(CCc1cccnc1)c1ccc(F)cc1. The highest BCUT2D eigenvalue weighted by atomic mass is 19.1. The first-order chi connectivity index (χ1) is 9.16. The second kappa shape index (κ2) is 6.09. The molecule has 1 atom stereocenters. The van der Waals surface area contributed by atoms with Gasteiger partial charge in [-0.1, -0.05) is 18.2 Å². The van der Waals surface area contributed by atoms with Crippen molar-refractivity contribution < 1.29 is 14.3 Å². The molecule has 0 bridgehead atoms. The fraction of sp³-hybridized carbons (Fsp3) is 0.200. The topological polar surface area (TPSA) is 50.2 Å². The summed E-state index contributed by atoms with van der Waals surface area (Å²) in [4.78, 5) is 15.3. The van der Waals surface area contributed by atoms with E-state index in [0.29, 0.717) is 18.4 Å². The van der Waals surface area contributed by atoms with Crippen molar-refractivity contribution in [3.05, 3.63) is 65.7 Å². The van der Waals surface area contributed by atoms with Crippen LogP contribution in [-0.2, 0) is 11.2 Å². The van der Waals surface area contributed by atoms with Gasteiger partial charge < -0.3 is 5.11 Å². The zero-order valence-corrected chi connectivity index (χ0v) is 10.3. The second-order valence-corrected chi connectivity index (χ2v) is 4.34. The number of aromatic nitrogens is 1. The maximum atomic E-state index is 12.8. The second-order valence-electron chi connectivity index (χ2n) is 4.34. The summed E-state index contributed by atoms with van der Waals surface area (Å²) in [5, 5.41) is 9.26. The minimum atomic E-state index is -0.893. The summed E-state index contributed by atoms with van der Waals surface area (Å²) in [5.74, 6) is -1.88. The van der Waals surface area contributed by atoms with Gasteiger partial charge in [-0.05, 0) is 42.2 Å². The molecule has 3 nitrogen and oxygen atoms in total. The molecule has 0 radical (unpaired) electrons. The molecule has 0 saturated heterocycles. The molecule has 0 aliphatic heterocycles. The molecular weight excluding hydrogens is 245 g/mol. The largest absolute Gasteiger partial charge is 0.481 e. The molecule has 2 rings (SSSR count). The van der Waals surface area contributed by atoms with Crippen LogP contribution in [0.2, 0.25) is 0 Å². The van der Waals surface area contributed by atoms with Crippen molar-refractivity contribution in [3.63, 3.8) is 0 Å². The number of aryl methyl sites for hydroxylation is 1. The van der Waals surface area contributed by atoms with E-state index >= 15 is 0 Å². The first-order valence-electron chi connectivity index (χ1n) is 6.04. The molecule has 1 heterocycles. The number of benzene rings is 1. The number of hydrogen-bond donors (Lipinski definition) is 1. The van der Waals surface area contributed by atoms with E-state index in [4.69, 9.17) is 0 Å². The Morgan fingerprint density at radius 3 is 2.58 bits per heavy atom. The number of rotatable bonds is 5. The molecule has 0 aliphatic rings. The molecule has 0 aliphatic carbocycles. The molecule has 19 heavy (non-hydrogen) atoms. The molecule has 4 heteroatoms. The molecule has 0 saturated carbocycles. The fourth-order valence-electron chi connectivity index (χ4n) is 1.98. The van der Waals surface area contributed by atoms with E-state index in [-0.39, 0.29) is 5.82 Å². The summed E-state index contributed by atoms with van der Waals surface area (Å²) in [5.41, 5.74) is 1.62. The average molecular weight is 259 g/mol. The highest BCUT2D eigenvalue weighted by Crippen LogP contribution is 2.22. The van der Waals surface area contributed by atoms with Gasteiger partial charge >= 0.3 is 5.97 Å². The van der Waals surface area contributed by atoms with Crippen molar-refractivity contribution >= 4 is 5.97 Å². The van der Waals surface area contributed by atoms with Crippen LogP contribution in [0.4, 0.5) is 4.39 Å². The minimum Gasteiger partial charge on any atom is -0.481 e. The summed E-state index contributed by atoms with van der Waals surface area (Å²) in [7, 11) is 0. The van der Waals surface area contributed by atoms with E-state index in [1.807, 2.05) is 12.1 Å². The Morgan fingerprint density at radius 1 is 1.26 bits per heavy atom. The number of halogens is 1. The summed E-state index contributed by atoms with van der Waals surface area (Å²) in [6.07, 6.45) is 4.50. The summed E-state index contributed by atoms with van der Waals surface area (Å²) >= 11 is 0. The van der Waals surface area contributed by atoms with Crippen molar-refractivity contribution in [1.29, 1.82) is 0 Å². The van der Waals surface area contributed by atoms with E-state index in [2.05, 4.69) is 4.98 Å². The number of nitrogens with zero attached hydrogens (tertiary/aromatic N) is 1. The number of hydrogen-bond acceptors (Lipinski definition) is 2. The Kier molecular flexibility index (Phi) is 4.23. The molecule has 0 spiro atoms. The Bertz CT molecular complexity index is 540. The lowest BCUT2D eigenvalue weighted by Gasteiger charge is -2.12. The summed E-state index contributed by atoms with van der Waals surface area (Å²) in [6.45, 7) is 0. The summed E-state index contributed by atoms with van der Waals surface area (Å²) in [6, 6.07) is 9.36. The van der Waals surface area contributed by atoms with Gasteiger partial charge in [-0.25, -0.2) is 4.39 Å². The van der Waals surface area contributed by atoms with E-state index < -0.39 is 11.9 Å². The van der Waals surface area contributed by atoms with Crippen LogP contribution in [0.1, 0.15) is 23.5 Å². The molecule has 2 aromatic rings. The molecule has 1 aromatic carbocycles. The van der Waals surface area contributed by atoms with Crippen LogP contribution in [0, 0.1) is 5.82 Å². The Hall–Kier alpha value is -2.23. The molecule has 1 aromatic heterocycles. The lowest BCUT2D eigenvalue weighted by molar-refractivity contribution is -0.138. The zero-order valence-electron chi connectivity index (χ0n) is 10.3. The van der Waals surface area contributed by atoms with Gasteiger partial charge in [0.2, 0.25) is 0 Å².